The highest BCUT2D eigenvalue weighted by molar-refractivity contribution is 8.04. The monoisotopic (exact) mass is 515 g/mol. The third kappa shape index (κ3) is 6.42. The molecule has 1 aliphatic heterocycles. The van der Waals surface area contributed by atoms with Crippen molar-refractivity contribution in [1.29, 1.82) is 0 Å². The summed E-state index contributed by atoms with van der Waals surface area (Å²) in [5.41, 5.74) is 2.48. The van der Waals surface area contributed by atoms with Gasteiger partial charge in [0.05, 0.1) is 4.91 Å². The predicted molar refractivity (Wildman–Crippen MR) is 145 cm³/mol. The zero-order chi connectivity index (χ0) is 25.5. The molecule has 3 aromatic carbocycles. The molecule has 182 valence electrons. The lowest BCUT2D eigenvalue weighted by molar-refractivity contribution is -0.140. The van der Waals surface area contributed by atoms with Crippen LogP contribution < -0.4 is 0 Å². The van der Waals surface area contributed by atoms with Gasteiger partial charge in [-0.1, -0.05) is 66.3 Å². The first-order valence-corrected chi connectivity index (χ1v) is 13.3. The maximum absolute atomic E-state index is 12.8. The number of hydrogen-bond donors (Lipinski definition) is 0. The molecule has 0 radical (unpaired) electrons. The Morgan fingerprint density at radius 3 is 2.28 bits per heavy atom. The van der Waals surface area contributed by atoms with E-state index in [1.54, 1.807) is 23.9 Å². The summed E-state index contributed by atoms with van der Waals surface area (Å²) >= 11 is 3.09. The fraction of sp³-hybridized carbons (Fsp3) is 0.172. The van der Waals surface area contributed by atoms with Crippen LogP contribution in [0, 0.1) is 0 Å². The SMILES string of the molecule is CCCC/C(=N\OC(C)=O)C(=O)c1ccc(Sc2ccc(/C=C3\Sc4ccccc4C3=O)cc2)cc1. The van der Waals surface area contributed by atoms with Crippen molar-refractivity contribution in [2.45, 2.75) is 47.8 Å². The van der Waals surface area contributed by atoms with Gasteiger partial charge in [-0.15, -0.1) is 0 Å². The van der Waals surface area contributed by atoms with Crippen molar-refractivity contribution < 1.29 is 19.2 Å². The summed E-state index contributed by atoms with van der Waals surface area (Å²) in [4.78, 5) is 45.0. The van der Waals surface area contributed by atoms with Gasteiger partial charge >= 0.3 is 5.97 Å². The zero-order valence-electron chi connectivity index (χ0n) is 20.0. The van der Waals surface area contributed by atoms with Crippen molar-refractivity contribution in [1.82, 2.24) is 0 Å². The lowest BCUT2D eigenvalue weighted by Gasteiger charge is -2.07. The van der Waals surface area contributed by atoms with E-state index >= 15 is 0 Å². The number of oxime groups is 1. The molecule has 1 heterocycles. The minimum absolute atomic E-state index is 0.0689. The summed E-state index contributed by atoms with van der Waals surface area (Å²) in [6.07, 6.45) is 4.07. The Balaban J connectivity index is 1.41. The van der Waals surface area contributed by atoms with Crippen molar-refractivity contribution in [3.8, 4) is 0 Å². The van der Waals surface area contributed by atoms with Crippen LogP contribution in [0.25, 0.3) is 6.08 Å². The number of hydrogen-bond acceptors (Lipinski definition) is 7. The Morgan fingerprint density at radius 2 is 1.64 bits per heavy atom. The summed E-state index contributed by atoms with van der Waals surface area (Å²) in [6, 6.07) is 23.0. The molecule has 3 aromatic rings. The number of carbonyl (C=O) groups excluding carboxylic acids is 3. The molecule has 36 heavy (non-hydrogen) atoms. The van der Waals surface area contributed by atoms with Gasteiger partial charge in [0.25, 0.3) is 0 Å². The molecule has 0 atom stereocenters. The molecule has 0 bridgehead atoms. The number of benzene rings is 3. The fourth-order valence-electron chi connectivity index (χ4n) is 3.56. The van der Waals surface area contributed by atoms with Crippen molar-refractivity contribution in [2.24, 2.45) is 5.16 Å². The highest BCUT2D eigenvalue weighted by Crippen LogP contribution is 2.40. The number of carbonyl (C=O) groups is 3. The van der Waals surface area contributed by atoms with E-state index in [1.165, 1.54) is 18.7 Å². The smallest absolute Gasteiger partial charge is 0.318 e. The normalized spacial score (nSPS) is 14.1. The average Bonchev–Trinajstić information content (AvgIpc) is 3.20. The van der Waals surface area contributed by atoms with Crippen LogP contribution in [0.1, 0.15) is 59.4 Å². The van der Waals surface area contributed by atoms with Crippen LogP contribution >= 0.6 is 23.5 Å². The van der Waals surface area contributed by atoms with E-state index in [0.29, 0.717) is 12.0 Å². The molecular formula is C29H25NO4S2. The Hall–Kier alpha value is -3.42. The molecule has 0 aromatic heterocycles. The van der Waals surface area contributed by atoms with Crippen LogP contribution in [-0.4, -0.2) is 23.2 Å². The lowest BCUT2D eigenvalue weighted by Crippen LogP contribution is -2.15. The number of nitrogens with zero attached hydrogens (tertiary/aromatic N) is 1. The minimum atomic E-state index is -0.551. The molecule has 4 rings (SSSR count). The van der Waals surface area contributed by atoms with Crippen molar-refractivity contribution in [3.05, 3.63) is 94.4 Å². The van der Waals surface area contributed by atoms with Crippen molar-refractivity contribution in [3.63, 3.8) is 0 Å². The minimum Gasteiger partial charge on any atom is -0.318 e. The molecule has 5 nitrogen and oxygen atoms in total. The number of unbranched alkanes of at least 4 members (excludes halogenated alkanes) is 1. The Labute approximate surface area is 219 Å². The molecule has 0 saturated carbocycles. The van der Waals surface area contributed by atoms with Crippen LogP contribution in [0.4, 0.5) is 0 Å². The predicted octanol–water partition coefficient (Wildman–Crippen LogP) is 7.46. The van der Waals surface area contributed by atoms with Crippen LogP contribution in [0.3, 0.4) is 0 Å². The van der Waals surface area contributed by atoms with Gasteiger partial charge in [0.1, 0.15) is 5.71 Å². The Kier molecular flexibility index (Phi) is 8.57. The molecule has 0 saturated heterocycles. The molecule has 0 fully saturated rings. The first kappa shape index (κ1) is 25.7. The van der Waals surface area contributed by atoms with Crippen LogP contribution in [0.2, 0.25) is 0 Å². The highest BCUT2D eigenvalue weighted by Gasteiger charge is 2.25. The summed E-state index contributed by atoms with van der Waals surface area (Å²) in [6.45, 7) is 3.28. The zero-order valence-corrected chi connectivity index (χ0v) is 21.7. The second-order valence-electron chi connectivity index (χ2n) is 8.18. The van der Waals surface area contributed by atoms with Gasteiger partial charge in [-0.05, 0) is 73.0 Å². The van der Waals surface area contributed by atoms with Gasteiger partial charge < -0.3 is 4.84 Å². The van der Waals surface area contributed by atoms with Gasteiger partial charge in [0.15, 0.2) is 0 Å². The molecule has 7 heteroatoms. The van der Waals surface area contributed by atoms with E-state index < -0.39 is 5.97 Å². The van der Waals surface area contributed by atoms with Crippen LogP contribution in [0.15, 0.2) is 97.5 Å². The van der Waals surface area contributed by atoms with Gasteiger partial charge in [0.2, 0.25) is 11.6 Å². The van der Waals surface area contributed by atoms with E-state index in [4.69, 9.17) is 4.84 Å². The molecule has 0 spiro atoms. The maximum Gasteiger partial charge on any atom is 0.331 e. The second-order valence-corrected chi connectivity index (χ2v) is 10.4. The molecular weight excluding hydrogens is 490 g/mol. The number of fused-ring (bicyclic) bond motifs is 1. The summed E-state index contributed by atoms with van der Waals surface area (Å²) in [5.74, 6) is -0.719. The van der Waals surface area contributed by atoms with E-state index in [0.717, 1.165) is 43.6 Å². The molecule has 0 unspecified atom stereocenters. The Bertz CT molecular complexity index is 1340. The third-order valence-electron chi connectivity index (χ3n) is 5.42. The van der Waals surface area contributed by atoms with E-state index in [-0.39, 0.29) is 17.3 Å². The van der Waals surface area contributed by atoms with Crippen LogP contribution in [-0.2, 0) is 9.63 Å². The number of Topliss-reactive ketones (excluding diaryl/α,β-unsaturated/α-hetero) is 2. The van der Waals surface area contributed by atoms with E-state index in [1.807, 2.05) is 73.7 Å². The number of rotatable bonds is 9. The van der Waals surface area contributed by atoms with E-state index in [9.17, 15) is 14.4 Å². The molecule has 1 aliphatic rings. The standard InChI is InChI=1S/C29H25NO4S2/c1-3-4-8-25(30-34-19(2)31)28(32)21-12-16-23(17-13-21)35-22-14-10-20(11-15-22)18-27-29(33)24-7-5-6-9-26(24)36-27/h5-7,9-18H,3-4,8H2,1-2H3/b27-18-,30-25+. The molecule has 0 aliphatic carbocycles. The summed E-state index contributed by atoms with van der Waals surface area (Å²) in [5, 5.41) is 3.77. The van der Waals surface area contributed by atoms with Crippen molar-refractivity contribution >= 4 is 52.8 Å². The number of allylic oxidation sites excluding steroid dienone is 1. The maximum atomic E-state index is 12.8. The summed E-state index contributed by atoms with van der Waals surface area (Å²) in [7, 11) is 0. The van der Waals surface area contributed by atoms with Gasteiger partial charge in [-0.3, -0.25) is 9.59 Å². The van der Waals surface area contributed by atoms with Gasteiger partial charge in [-0.25, -0.2) is 4.79 Å². The highest BCUT2D eigenvalue weighted by atomic mass is 32.2. The number of thioether (sulfide) groups is 1. The Morgan fingerprint density at radius 1 is 0.972 bits per heavy atom. The van der Waals surface area contributed by atoms with E-state index in [2.05, 4.69) is 5.16 Å². The quantitative estimate of drug-likeness (QED) is 0.0968. The largest absolute Gasteiger partial charge is 0.331 e. The first-order chi connectivity index (χ1) is 17.4. The topological polar surface area (TPSA) is 72.8 Å². The average molecular weight is 516 g/mol. The van der Waals surface area contributed by atoms with Crippen molar-refractivity contribution in [2.75, 3.05) is 0 Å². The second kappa shape index (κ2) is 12.0. The fourth-order valence-corrected chi connectivity index (χ4v) is 5.43. The van der Waals surface area contributed by atoms with Crippen LogP contribution in [0.5, 0.6) is 0 Å². The molecule has 0 amide bonds. The molecule has 0 N–H and O–H groups in total. The third-order valence-corrected chi connectivity index (χ3v) is 7.53. The lowest BCUT2D eigenvalue weighted by atomic mass is 10.0. The first-order valence-electron chi connectivity index (χ1n) is 11.6. The number of ketones is 2. The summed E-state index contributed by atoms with van der Waals surface area (Å²) < 4.78 is 0. The van der Waals surface area contributed by atoms with Gasteiger partial charge in [0, 0.05) is 32.7 Å². The van der Waals surface area contributed by atoms with Gasteiger partial charge in [-0.2, -0.15) is 0 Å².